The van der Waals surface area contributed by atoms with E-state index in [1.807, 2.05) is 19.1 Å². The van der Waals surface area contributed by atoms with E-state index in [1.54, 1.807) is 6.26 Å². The van der Waals surface area contributed by atoms with E-state index in [4.69, 9.17) is 10.2 Å². The SMILES string of the molecule is C/C(=C\c1ccco1)CCC(C)N. The quantitative estimate of drug-likeness (QED) is 0.772. The Morgan fingerprint density at radius 2 is 2.46 bits per heavy atom. The maximum atomic E-state index is 5.66. The molecule has 0 radical (unpaired) electrons. The Labute approximate surface area is 79.4 Å². The zero-order valence-electron chi connectivity index (χ0n) is 8.29. The van der Waals surface area contributed by atoms with E-state index >= 15 is 0 Å². The first kappa shape index (κ1) is 10.1. The van der Waals surface area contributed by atoms with Gasteiger partial charge in [-0.05, 0) is 44.9 Å². The normalized spacial score (nSPS) is 14.5. The van der Waals surface area contributed by atoms with E-state index < -0.39 is 0 Å². The highest BCUT2D eigenvalue weighted by atomic mass is 16.3. The number of nitrogens with two attached hydrogens (primary N) is 1. The Morgan fingerprint density at radius 3 is 3.00 bits per heavy atom. The molecule has 0 saturated carbocycles. The van der Waals surface area contributed by atoms with Crippen molar-refractivity contribution in [3.63, 3.8) is 0 Å². The lowest BCUT2D eigenvalue weighted by molar-refractivity contribution is 0.556. The van der Waals surface area contributed by atoms with Crippen molar-refractivity contribution < 1.29 is 4.42 Å². The average molecular weight is 179 g/mol. The first-order valence-electron chi connectivity index (χ1n) is 4.65. The van der Waals surface area contributed by atoms with Crippen molar-refractivity contribution in [1.82, 2.24) is 0 Å². The van der Waals surface area contributed by atoms with Crippen LogP contribution in [0.5, 0.6) is 0 Å². The summed E-state index contributed by atoms with van der Waals surface area (Å²) in [7, 11) is 0. The second-order valence-corrected chi connectivity index (χ2v) is 3.52. The minimum absolute atomic E-state index is 0.278. The molecule has 1 aromatic heterocycles. The summed E-state index contributed by atoms with van der Waals surface area (Å²) in [5, 5.41) is 0. The lowest BCUT2D eigenvalue weighted by Crippen LogP contribution is -2.14. The second-order valence-electron chi connectivity index (χ2n) is 3.52. The zero-order valence-corrected chi connectivity index (χ0v) is 8.29. The summed E-state index contributed by atoms with van der Waals surface area (Å²) in [5.41, 5.74) is 6.98. The van der Waals surface area contributed by atoms with E-state index in [-0.39, 0.29) is 6.04 Å². The van der Waals surface area contributed by atoms with Gasteiger partial charge in [0.05, 0.1) is 6.26 Å². The molecule has 1 atom stereocenters. The van der Waals surface area contributed by atoms with Crippen LogP contribution in [0.3, 0.4) is 0 Å². The van der Waals surface area contributed by atoms with Gasteiger partial charge in [0.15, 0.2) is 0 Å². The van der Waals surface area contributed by atoms with Gasteiger partial charge in [0.1, 0.15) is 5.76 Å². The maximum absolute atomic E-state index is 5.66. The number of furan rings is 1. The Morgan fingerprint density at radius 1 is 1.69 bits per heavy atom. The lowest BCUT2D eigenvalue weighted by Gasteiger charge is -2.03. The van der Waals surface area contributed by atoms with Crippen LogP contribution >= 0.6 is 0 Å². The molecule has 2 nitrogen and oxygen atoms in total. The van der Waals surface area contributed by atoms with Gasteiger partial charge in [-0.1, -0.05) is 5.57 Å². The van der Waals surface area contributed by atoms with Crippen LogP contribution in [0.2, 0.25) is 0 Å². The van der Waals surface area contributed by atoms with Crippen LogP contribution in [0.4, 0.5) is 0 Å². The van der Waals surface area contributed by atoms with Crippen LogP contribution in [0, 0.1) is 0 Å². The predicted molar refractivity (Wildman–Crippen MR) is 55.2 cm³/mol. The molecule has 2 N–H and O–H groups in total. The van der Waals surface area contributed by atoms with Gasteiger partial charge < -0.3 is 10.2 Å². The van der Waals surface area contributed by atoms with Crippen LogP contribution in [0.25, 0.3) is 6.08 Å². The van der Waals surface area contributed by atoms with Crippen molar-refractivity contribution >= 4 is 6.08 Å². The monoisotopic (exact) mass is 179 g/mol. The number of hydrogen-bond acceptors (Lipinski definition) is 2. The third-order valence-corrected chi connectivity index (χ3v) is 1.93. The number of allylic oxidation sites excluding steroid dienone is 1. The predicted octanol–water partition coefficient (Wildman–Crippen LogP) is 2.81. The Bertz CT molecular complexity index is 260. The molecule has 2 heteroatoms. The lowest BCUT2D eigenvalue weighted by atomic mass is 10.1. The van der Waals surface area contributed by atoms with Gasteiger partial charge in [-0.3, -0.25) is 0 Å². The maximum Gasteiger partial charge on any atom is 0.126 e. The van der Waals surface area contributed by atoms with Gasteiger partial charge in [0, 0.05) is 6.04 Å². The third-order valence-electron chi connectivity index (χ3n) is 1.93. The molecule has 1 aromatic rings. The van der Waals surface area contributed by atoms with E-state index in [2.05, 4.69) is 13.0 Å². The summed E-state index contributed by atoms with van der Waals surface area (Å²) in [6, 6.07) is 4.12. The fourth-order valence-electron chi connectivity index (χ4n) is 1.14. The molecule has 1 rings (SSSR count). The van der Waals surface area contributed by atoms with Crippen molar-refractivity contribution in [2.24, 2.45) is 5.73 Å². The largest absolute Gasteiger partial charge is 0.465 e. The van der Waals surface area contributed by atoms with Crippen LogP contribution in [0.1, 0.15) is 32.4 Å². The van der Waals surface area contributed by atoms with Crippen molar-refractivity contribution in [3.05, 3.63) is 29.7 Å². The molecule has 72 valence electrons. The highest BCUT2D eigenvalue weighted by molar-refractivity contribution is 5.46. The topological polar surface area (TPSA) is 39.2 Å². The molecular formula is C11H17NO. The highest BCUT2D eigenvalue weighted by Crippen LogP contribution is 2.11. The zero-order chi connectivity index (χ0) is 9.68. The second kappa shape index (κ2) is 4.87. The molecule has 0 fully saturated rings. The van der Waals surface area contributed by atoms with Gasteiger partial charge in [0.2, 0.25) is 0 Å². The molecule has 0 spiro atoms. The molecule has 0 aromatic carbocycles. The molecule has 0 saturated heterocycles. The molecule has 0 aliphatic rings. The Kier molecular flexibility index (Phi) is 3.77. The highest BCUT2D eigenvalue weighted by Gasteiger charge is 1.96. The van der Waals surface area contributed by atoms with Gasteiger partial charge >= 0.3 is 0 Å². The standard InChI is InChI=1S/C11H17NO/c1-9(5-6-10(2)12)8-11-4-3-7-13-11/h3-4,7-8,10H,5-6,12H2,1-2H3/b9-8+. The van der Waals surface area contributed by atoms with Gasteiger partial charge in [0.25, 0.3) is 0 Å². The smallest absolute Gasteiger partial charge is 0.126 e. The van der Waals surface area contributed by atoms with Crippen LogP contribution < -0.4 is 5.73 Å². The van der Waals surface area contributed by atoms with Gasteiger partial charge in [-0.25, -0.2) is 0 Å². The Hall–Kier alpha value is -1.02. The molecule has 1 unspecified atom stereocenters. The summed E-state index contributed by atoms with van der Waals surface area (Å²) < 4.78 is 5.20. The third kappa shape index (κ3) is 3.95. The van der Waals surface area contributed by atoms with Gasteiger partial charge in [-0.15, -0.1) is 0 Å². The van der Waals surface area contributed by atoms with E-state index in [0.717, 1.165) is 18.6 Å². The first-order valence-corrected chi connectivity index (χ1v) is 4.65. The molecule has 0 amide bonds. The summed E-state index contributed by atoms with van der Waals surface area (Å²) in [5.74, 6) is 0.919. The van der Waals surface area contributed by atoms with Gasteiger partial charge in [-0.2, -0.15) is 0 Å². The number of rotatable bonds is 4. The fourth-order valence-corrected chi connectivity index (χ4v) is 1.14. The molecular weight excluding hydrogens is 162 g/mol. The van der Waals surface area contributed by atoms with Crippen molar-refractivity contribution in [2.75, 3.05) is 0 Å². The molecule has 13 heavy (non-hydrogen) atoms. The van der Waals surface area contributed by atoms with Crippen molar-refractivity contribution in [2.45, 2.75) is 32.7 Å². The minimum Gasteiger partial charge on any atom is -0.465 e. The molecule has 0 bridgehead atoms. The molecule has 1 heterocycles. The Balaban J connectivity index is 2.43. The molecule has 0 aliphatic carbocycles. The van der Waals surface area contributed by atoms with E-state index in [1.165, 1.54) is 5.57 Å². The van der Waals surface area contributed by atoms with Crippen LogP contribution in [0.15, 0.2) is 28.4 Å². The van der Waals surface area contributed by atoms with Crippen molar-refractivity contribution in [3.8, 4) is 0 Å². The summed E-state index contributed by atoms with van der Waals surface area (Å²) in [6.07, 6.45) is 5.81. The first-order chi connectivity index (χ1) is 6.18. The van der Waals surface area contributed by atoms with Crippen molar-refractivity contribution in [1.29, 1.82) is 0 Å². The fraction of sp³-hybridized carbons (Fsp3) is 0.455. The summed E-state index contributed by atoms with van der Waals surface area (Å²) >= 11 is 0. The summed E-state index contributed by atoms with van der Waals surface area (Å²) in [6.45, 7) is 4.13. The van der Waals surface area contributed by atoms with Crippen LogP contribution in [-0.4, -0.2) is 6.04 Å². The summed E-state index contributed by atoms with van der Waals surface area (Å²) in [4.78, 5) is 0. The molecule has 0 aliphatic heterocycles. The van der Waals surface area contributed by atoms with E-state index in [0.29, 0.717) is 0 Å². The van der Waals surface area contributed by atoms with E-state index in [9.17, 15) is 0 Å². The minimum atomic E-state index is 0.278. The number of hydrogen-bond donors (Lipinski definition) is 1. The average Bonchev–Trinajstić information content (AvgIpc) is 2.53. The van der Waals surface area contributed by atoms with Crippen LogP contribution in [-0.2, 0) is 0 Å².